The van der Waals surface area contributed by atoms with Crippen molar-refractivity contribution >= 4 is 17.9 Å². The number of nitrogens with zero attached hydrogens (tertiary/aromatic N) is 2. The van der Waals surface area contributed by atoms with Gasteiger partial charge in [-0.05, 0) is 88.4 Å². The highest BCUT2D eigenvalue weighted by Gasteiger charge is 2.60. The molecule has 1 aromatic carbocycles. The second kappa shape index (κ2) is 31.5. The fraction of sp³-hybridized carbons (Fsp3) is 0.698. The molecule has 9 rings (SSSR count). The summed E-state index contributed by atoms with van der Waals surface area (Å²) in [6.45, 7) is 18.6. The molecule has 2 bridgehead atoms. The number of aromatic carboxylic acids is 1. The number of aliphatic hydroxyl groups is 2. The number of ether oxygens (including phenoxy) is 11. The molecule has 0 amide bonds. The first-order valence-electron chi connectivity index (χ1n) is 30.4. The number of rotatable bonds is 13. The normalized spacial score (nSPS) is 40.1. The maximum absolute atomic E-state index is 14.4. The van der Waals surface area contributed by atoms with Gasteiger partial charge in [-0.25, -0.2) is 14.9 Å². The largest absolute Gasteiger partial charge is 0.478 e. The summed E-state index contributed by atoms with van der Waals surface area (Å²) in [7, 11) is 6.89. The summed E-state index contributed by atoms with van der Waals surface area (Å²) in [5.74, 6) is -2.79. The first kappa shape index (κ1) is 68.5. The van der Waals surface area contributed by atoms with E-state index < -0.39 is 77.4 Å². The molecular formula is C63H95N5O18. The van der Waals surface area contributed by atoms with Crippen molar-refractivity contribution in [2.75, 3.05) is 54.7 Å². The van der Waals surface area contributed by atoms with E-state index >= 15 is 0 Å². The van der Waals surface area contributed by atoms with Crippen LogP contribution in [0.3, 0.4) is 0 Å². The molecule has 1 aliphatic carbocycles. The molecule has 23 nitrogen and oxygen atoms in total. The highest BCUT2D eigenvalue weighted by atomic mass is 16.7. The summed E-state index contributed by atoms with van der Waals surface area (Å²) in [5, 5.41) is 53.4. The molecule has 0 aromatic heterocycles. The second-order valence-corrected chi connectivity index (χ2v) is 24.0. The van der Waals surface area contributed by atoms with Gasteiger partial charge in [-0.2, -0.15) is 0 Å². The van der Waals surface area contributed by atoms with Crippen molar-refractivity contribution in [2.24, 2.45) is 34.7 Å². The first-order valence-corrected chi connectivity index (χ1v) is 30.4. The summed E-state index contributed by atoms with van der Waals surface area (Å²) in [5.41, 5.74) is 0.511. The SMILES string of the molecule is CC[C@H](C)[C@H]1O[C@]2(C=C[C@@H]1C)C[C@@H]1C[C@@H](C/C=C(\C)[C@@H](O[C@H]3C[C@H](OC)[C@@H](O[C@H]4C[C@H](OC)[C@H](NC)[C@H](C)O4)[C@H](C)O3)[C@@H](C)/C=C/C=C3\CO[C@@H]4[C@H](O)C(C)=C[C@@H](C(=O)O1)[C@]34O)O2.CN/C(=N/[N+](=O)[O-])NCC1CCOC1.O=C(O)c1ccccc1. The van der Waals surface area contributed by atoms with Gasteiger partial charge >= 0.3 is 11.9 Å². The first-order chi connectivity index (χ1) is 41.1. The van der Waals surface area contributed by atoms with Crippen LogP contribution in [-0.4, -0.2) is 190 Å². The number of carboxylic acid groups (broad SMARTS) is 1. The summed E-state index contributed by atoms with van der Waals surface area (Å²) < 4.78 is 69.7. The number of aliphatic hydroxyl groups excluding tert-OH is 1. The van der Waals surface area contributed by atoms with Gasteiger partial charge in [0.05, 0.1) is 67.5 Å². The molecule has 480 valence electrons. The minimum Gasteiger partial charge on any atom is -0.478 e. The summed E-state index contributed by atoms with van der Waals surface area (Å²) in [6.07, 6.45) is 11.7. The van der Waals surface area contributed by atoms with Crippen LogP contribution in [0.4, 0.5) is 0 Å². The quantitative estimate of drug-likeness (QED) is 0.0312. The Kier molecular flexibility index (Phi) is 25.1. The number of nitrogens with one attached hydrogen (secondary N) is 3. The maximum atomic E-state index is 14.4. The number of carbonyl (C=O) groups excluding carboxylic acids is 1. The van der Waals surface area contributed by atoms with Crippen LogP contribution in [0, 0.1) is 39.7 Å². The number of likely N-dealkylation sites (N-methyl/N-ethyl adjacent to an activating group) is 1. The van der Waals surface area contributed by atoms with Gasteiger partial charge in [0.2, 0.25) is 0 Å². The van der Waals surface area contributed by atoms with Crippen LogP contribution >= 0.6 is 0 Å². The number of carbonyl (C=O) groups is 2. The van der Waals surface area contributed by atoms with Gasteiger partial charge in [0.25, 0.3) is 5.96 Å². The topological polar surface area (TPSA) is 288 Å². The molecule has 1 aromatic rings. The average molecular weight is 1210 g/mol. The molecule has 1 spiro atoms. The van der Waals surface area contributed by atoms with E-state index in [0.29, 0.717) is 67.9 Å². The van der Waals surface area contributed by atoms with Gasteiger partial charge in [-0.3, -0.25) is 4.79 Å². The zero-order chi connectivity index (χ0) is 62.5. The standard InChI is InChI=1S/C49H75NO13.C7H14N4O3.C7H6O2/c1-12-26(2)44-29(5)18-19-48(63-44)24-35-21-34(62-48)17-16-28(4)43(27(3)14-13-15-33-25-56-46-42(51)30(6)20-36(47(52)59-35)49(33,46)53)60-40-23-38(55-11)45(32(8)58-40)61-39-22-37(54-10)41(50-9)31(7)57-39;1-8-7(10-11(12)13)9-4-6-2-3-14-5-6;8-7(9)6-4-2-1-3-5-6/h13-16,18-20,26-27,29,31-32,34-46,50-51,53H,12,17,21-25H2,1-11H3;6H,2-5H2,1H3,(H2,8,9,10);1-5H,(H,8,9)/b14-13+,28-16+,33-15+;;/t26-,27-,29-,31-,32-,34+,35-,36-,37-,38-,39-,40-,41+,42+,43-,44+,45-,46+,48+,49+;;/m0../s1. The van der Waals surface area contributed by atoms with Crippen LogP contribution in [0.2, 0.25) is 0 Å². The smallest absolute Gasteiger partial charge is 0.335 e. The molecule has 5 fully saturated rings. The number of carboxylic acids is 1. The Balaban J connectivity index is 0.000000381. The number of hydrogen-bond donors (Lipinski definition) is 6. The number of allylic oxidation sites excluding steroid dienone is 2. The van der Waals surface area contributed by atoms with E-state index in [0.717, 1.165) is 25.0 Å². The number of nitro groups is 1. The fourth-order valence-electron chi connectivity index (χ4n) is 12.8. The predicted octanol–water partition coefficient (Wildman–Crippen LogP) is 6.37. The number of hydrogen-bond acceptors (Lipinski definition) is 18. The molecule has 1 unspecified atom stereocenters. The molecule has 7 heterocycles. The Bertz CT molecular complexity index is 2580. The van der Waals surface area contributed by atoms with Crippen LogP contribution in [0.1, 0.15) is 111 Å². The third kappa shape index (κ3) is 17.0. The molecule has 8 aliphatic rings. The van der Waals surface area contributed by atoms with Crippen LogP contribution in [-0.2, 0) is 56.9 Å². The van der Waals surface area contributed by atoms with E-state index in [1.807, 2.05) is 39.1 Å². The number of guanidine groups is 1. The lowest BCUT2D eigenvalue weighted by molar-refractivity contribution is -0.485. The lowest BCUT2D eigenvalue weighted by atomic mass is 9.71. The van der Waals surface area contributed by atoms with Gasteiger partial charge < -0.3 is 83.4 Å². The van der Waals surface area contributed by atoms with Crippen LogP contribution in [0.15, 0.2) is 94.7 Å². The van der Waals surface area contributed by atoms with Crippen LogP contribution in [0.5, 0.6) is 0 Å². The molecule has 23 heteroatoms. The monoisotopic (exact) mass is 1210 g/mol. The van der Waals surface area contributed by atoms with E-state index in [-0.39, 0.29) is 73.0 Å². The van der Waals surface area contributed by atoms with Crippen molar-refractivity contribution in [1.29, 1.82) is 0 Å². The highest BCUT2D eigenvalue weighted by molar-refractivity contribution is 5.87. The van der Waals surface area contributed by atoms with Crippen molar-refractivity contribution in [2.45, 2.75) is 197 Å². The molecule has 6 N–H and O–H groups in total. The van der Waals surface area contributed by atoms with E-state index in [4.69, 9.17) is 57.2 Å². The third-order valence-electron chi connectivity index (χ3n) is 17.9. The van der Waals surface area contributed by atoms with Gasteiger partial charge in [0.15, 0.2) is 23.4 Å². The Morgan fingerprint density at radius 2 is 1.65 bits per heavy atom. The summed E-state index contributed by atoms with van der Waals surface area (Å²) in [6, 6.07) is 8.34. The lowest BCUT2D eigenvalue weighted by Crippen LogP contribution is -2.58. The molecule has 0 radical (unpaired) electrons. The zero-order valence-electron chi connectivity index (χ0n) is 52.0. The van der Waals surface area contributed by atoms with Crippen LogP contribution < -0.4 is 16.0 Å². The number of fused-ring (bicyclic) bond motifs is 2. The van der Waals surface area contributed by atoms with Gasteiger partial charge in [0.1, 0.15) is 41.0 Å². The Morgan fingerprint density at radius 3 is 2.29 bits per heavy atom. The molecule has 5 saturated heterocycles. The second-order valence-electron chi connectivity index (χ2n) is 24.0. The van der Waals surface area contributed by atoms with Crippen molar-refractivity contribution in [1.82, 2.24) is 16.0 Å². The van der Waals surface area contributed by atoms with Crippen molar-refractivity contribution in [3.8, 4) is 0 Å². The Hall–Kier alpha value is -4.99. The highest BCUT2D eigenvalue weighted by Crippen LogP contribution is 2.47. The van der Waals surface area contributed by atoms with Gasteiger partial charge in [-0.1, -0.05) is 88.8 Å². The van der Waals surface area contributed by atoms with Crippen molar-refractivity contribution < 1.29 is 82.0 Å². The number of hydrazone groups is 1. The van der Waals surface area contributed by atoms with E-state index in [2.05, 4.69) is 67.8 Å². The molecule has 7 aliphatic heterocycles. The number of esters is 1. The summed E-state index contributed by atoms with van der Waals surface area (Å²) in [4.78, 5) is 34.6. The molecule has 86 heavy (non-hydrogen) atoms. The van der Waals surface area contributed by atoms with E-state index in [9.17, 15) is 29.9 Å². The van der Waals surface area contributed by atoms with Gasteiger partial charge in [-0.15, -0.1) is 0 Å². The lowest BCUT2D eigenvalue weighted by Gasteiger charge is -2.48. The van der Waals surface area contributed by atoms with Crippen molar-refractivity contribution in [3.63, 3.8) is 0 Å². The number of methoxy groups -OCH3 is 2. The third-order valence-corrected chi connectivity index (χ3v) is 17.9. The number of benzene rings is 1. The predicted molar refractivity (Wildman–Crippen MR) is 318 cm³/mol. The maximum Gasteiger partial charge on any atom is 0.335 e. The minimum atomic E-state index is -1.83. The minimum absolute atomic E-state index is 0.0411. The Labute approximate surface area is 506 Å². The average Bonchev–Trinajstić information content (AvgIpc) is 1.54. The van der Waals surface area contributed by atoms with E-state index in [1.54, 1.807) is 70.7 Å². The van der Waals surface area contributed by atoms with E-state index in [1.165, 1.54) is 0 Å². The van der Waals surface area contributed by atoms with Crippen molar-refractivity contribution in [3.05, 3.63) is 105 Å². The molecular weight excluding hydrogens is 1110 g/mol. The van der Waals surface area contributed by atoms with Gasteiger partial charge in [0, 0.05) is 77.9 Å². The molecule has 0 saturated carbocycles. The molecule has 21 atom stereocenters. The zero-order valence-corrected chi connectivity index (χ0v) is 52.0. The summed E-state index contributed by atoms with van der Waals surface area (Å²) >= 11 is 0. The fourth-order valence-corrected chi connectivity index (χ4v) is 12.8. The Morgan fingerprint density at radius 1 is 0.942 bits per heavy atom. The van der Waals surface area contributed by atoms with Crippen LogP contribution in [0.25, 0.3) is 0 Å².